The van der Waals surface area contributed by atoms with Gasteiger partial charge in [0.25, 0.3) is 5.56 Å². The van der Waals surface area contributed by atoms with Gasteiger partial charge in [-0.15, -0.1) is 21.5 Å². The number of hydrogen-bond acceptors (Lipinski definition) is 6. The first-order chi connectivity index (χ1) is 11.6. The van der Waals surface area contributed by atoms with Gasteiger partial charge in [0.05, 0.1) is 11.1 Å². The fourth-order valence-corrected chi connectivity index (χ4v) is 4.97. The number of fused-ring (bicyclic) bond motifs is 2. The van der Waals surface area contributed by atoms with Gasteiger partial charge in [0.1, 0.15) is 16.5 Å². The second kappa shape index (κ2) is 6.33. The van der Waals surface area contributed by atoms with Crippen molar-refractivity contribution in [2.75, 3.05) is 0 Å². The van der Waals surface area contributed by atoms with Gasteiger partial charge in [0.15, 0.2) is 5.16 Å². The zero-order valence-corrected chi connectivity index (χ0v) is 15.4. The van der Waals surface area contributed by atoms with Gasteiger partial charge in [0.2, 0.25) is 0 Å². The van der Waals surface area contributed by atoms with E-state index < -0.39 is 0 Å². The predicted octanol–water partition coefficient (Wildman–Crippen LogP) is 3.21. The molecule has 24 heavy (non-hydrogen) atoms. The summed E-state index contributed by atoms with van der Waals surface area (Å²) in [6.07, 6.45) is 4.61. The van der Waals surface area contributed by atoms with Crippen LogP contribution in [0.2, 0.25) is 0 Å². The Bertz CT molecular complexity index is 955. The zero-order valence-electron chi connectivity index (χ0n) is 13.8. The van der Waals surface area contributed by atoms with Crippen LogP contribution in [0.1, 0.15) is 41.4 Å². The molecule has 1 N–H and O–H groups in total. The molecule has 0 saturated carbocycles. The van der Waals surface area contributed by atoms with E-state index in [9.17, 15) is 4.79 Å². The molecule has 3 aromatic heterocycles. The molecule has 3 aromatic rings. The van der Waals surface area contributed by atoms with Crippen molar-refractivity contribution in [3.8, 4) is 0 Å². The summed E-state index contributed by atoms with van der Waals surface area (Å²) in [6, 6.07) is 0. The second-order valence-electron chi connectivity index (χ2n) is 6.13. The molecule has 0 saturated heterocycles. The van der Waals surface area contributed by atoms with Crippen molar-refractivity contribution in [1.29, 1.82) is 0 Å². The second-order valence-corrected chi connectivity index (χ2v) is 8.27. The lowest BCUT2D eigenvalue weighted by atomic mass is 10.2. The fourth-order valence-electron chi connectivity index (χ4n) is 3.07. The van der Waals surface area contributed by atoms with Crippen LogP contribution < -0.4 is 5.56 Å². The normalized spacial score (nSPS) is 14.8. The number of H-pyrrole nitrogens is 1. The minimum absolute atomic E-state index is 0.0440. The molecule has 0 amide bonds. The maximum Gasteiger partial charge on any atom is 0.259 e. The van der Waals surface area contributed by atoms with Gasteiger partial charge < -0.3 is 9.55 Å². The molecule has 126 valence electrons. The standard InChI is InChI=1S/C16H19N5OS2/c1-9-10(2)24-15-13(9)14(22)17-11(18-15)8-23-16-20-19-12-6-4-3-5-7-21(12)16/h3-8H2,1-2H3,(H,17,18,22). The van der Waals surface area contributed by atoms with Crippen LogP contribution in [0.25, 0.3) is 10.2 Å². The highest BCUT2D eigenvalue weighted by Gasteiger charge is 2.16. The number of rotatable bonds is 3. The first kappa shape index (κ1) is 15.8. The molecule has 4 heterocycles. The summed E-state index contributed by atoms with van der Waals surface area (Å²) in [6.45, 7) is 4.99. The van der Waals surface area contributed by atoms with E-state index in [1.807, 2.05) is 13.8 Å². The molecule has 0 radical (unpaired) electrons. The van der Waals surface area contributed by atoms with Gasteiger partial charge in [-0.1, -0.05) is 18.2 Å². The quantitative estimate of drug-likeness (QED) is 0.725. The Hall–Kier alpha value is -1.67. The molecule has 0 fully saturated rings. The highest BCUT2D eigenvalue weighted by atomic mass is 32.2. The maximum absolute atomic E-state index is 12.3. The molecule has 1 aliphatic heterocycles. The number of aromatic amines is 1. The van der Waals surface area contributed by atoms with E-state index in [2.05, 4.69) is 24.7 Å². The molecule has 0 atom stereocenters. The number of nitrogens with zero attached hydrogens (tertiary/aromatic N) is 4. The number of aryl methyl sites for hydroxylation is 3. The Labute approximate surface area is 147 Å². The van der Waals surface area contributed by atoms with Gasteiger partial charge in [-0.25, -0.2) is 4.98 Å². The van der Waals surface area contributed by atoms with Crippen LogP contribution in [-0.2, 0) is 18.7 Å². The third-order valence-corrected chi connectivity index (χ3v) is 6.58. The molecule has 0 spiro atoms. The number of thioether (sulfide) groups is 1. The summed E-state index contributed by atoms with van der Waals surface area (Å²) in [5, 5.41) is 10.3. The van der Waals surface area contributed by atoms with Crippen LogP contribution in [0.4, 0.5) is 0 Å². The van der Waals surface area contributed by atoms with Crippen molar-refractivity contribution in [1.82, 2.24) is 24.7 Å². The Balaban J connectivity index is 1.59. The Morgan fingerprint density at radius 3 is 3.00 bits per heavy atom. The van der Waals surface area contributed by atoms with Crippen LogP contribution in [0.5, 0.6) is 0 Å². The minimum atomic E-state index is -0.0440. The third kappa shape index (κ3) is 2.77. The van der Waals surface area contributed by atoms with E-state index in [-0.39, 0.29) is 5.56 Å². The van der Waals surface area contributed by atoms with Crippen LogP contribution >= 0.6 is 23.1 Å². The van der Waals surface area contributed by atoms with Crippen LogP contribution in [0, 0.1) is 13.8 Å². The lowest BCUT2D eigenvalue weighted by molar-refractivity contribution is 0.591. The molecular formula is C16H19N5OS2. The highest BCUT2D eigenvalue weighted by molar-refractivity contribution is 7.98. The first-order valence-electron chi connectivity index (χ1n) is 8.17. The minimum Gasteiger partial charge on any atom is -0.309 e. The number of nitrogens with one attached hydrogen (secondary N) is 1. The topological polar surface area (TPSA) is 76.5 Å². The average molecular weight is 361 g/mol. The first-order valence-corrected chi connectivity index (χ1v) is 9.97. The number of thiophene rings is 1. The summed E-state index contributed by atoms with van der Waals surface area (Å²) >= 11 is 3.18. The van der Waals surface area contributed by atoms with Crippen LogP contribution in [0.15, 0.2) is 9.95 Å². The Morgan fingerprint density at radius 2 is 2.12 bits per heavy atom. The molecule has 0 aliphatic carbocycles. The number of aromatic nitrogens is 5. The van der Waals surface area contributed by atoms with Crippen molar-refractivity contribution in [3.63, 3.8) is 0 Å². The molecule has 8 heteroatoms. The molecule has 0 aromatic carbocycles. The van der Waals surface area contributed by atoms with Crippen LogP contribution in [0.3, 0.4) is 0 Å². The lowest BCUT2D eigenvalue weighted by Gasteiger charge is -2.06. The monoisotopic (exact) mass is 361 g/mol. The summed E-state index contributed by atoms with van der Waals surface area (Å²) in [5.41, 5.74) is 0.989. The van der Waals surface area contributed by atoms with Crippen molar-refractivity contribution in [3.05, 3.63) is 32.4 Å². The van der Waals surface area contributed by atoms with E-state index in [4.69, 9.17) is 0 Å². The smallest absolute Gasteiger partial charge is 0.259 e. The summed E-state index contributed by atoms with van der Waals surface area (Å²) in [4.78, 5) is 21.9. The zero-order chi connectivity index (χ0) is 16.7. The molecule has 4 rings (SSSR count). The van der Waals surface area contributed by atoms with Crippen molar-refractivity contribution >= 4 is 33.3 Å². The third-order valence-electron chi connectivity index (χ3n) is 4.50. The maximum atomic E-state index is 12.3. The summed E-state index contributed by atoms with van der Waals surface area (Å²) in [7, 11) is 0. The average Bonchev–Trinajstić information content (AvgIpc) is 2.96. The molecule has 1 aliphatic rings. The largest absolute Gasteiger partial charge is 0.309 e. The lowest BCUT2D eigenvalue weighted by Crippen LogP contribution is -2.11. The van der Waals surface area contributed by atoms with Crippen molar-refractivity contribution < 1.29 is 0 Å². The van der Waals surface area contributed by atoms with Gasteiger partial charge in [-0.05, 0) is 32.3 Å². The van der Waals surface area contributed by atoms with Gasteiger partial charge in [-0.3, -0.25) is 4.79 Å². The Kier molecular flexibility index (Phi) is 4.17. The van der Waals surface area contributed by atoms with Gasteiger partial charge in [-0.2, -0.15) is 0 Å². The fraction of sp³-hybridized carbons (Fsp3) is 0.500. The number of hydrogen-bond donors (Lipinski definition) is 1. The van der Waals surface area contributed by atoms with Gasteiger partial charge in [0, 0.05) is 17.8 Å². The van der Waals surface area contributed by atoms with E-state index >= 15 is 0 Å². The van der Waals surface area contributed by atoms with E-state index in [1.54, 1.807) is 23.1 Å². The highest BCUT2D eigenvalue weighted by Crippen LogP contribution is 2.27. The van der Waals surface area contributed by atoms with Gasteiger partial charge >= 0.3 is 0 Å². The predicted molar refractivity (Wildman–Crippen MR) is 96.9 cm³/mol. The van der Waals surface area contributed by atoms with E-state index in [1.165, 1.54) is 19.3 Å². The van der Waals surface area contributed by atoms with Crippen molar-refractivity contribution in [2.45, 2.75) is 57.0 Å². The van der Waals surface area contributed by atoms with E-state index in [0.29, 0.717) is 11.6 Å². The van der Waals surface area contributed by atoms with Crippen molar-refractivity contribution in [2.24, 2.45) is 0 Å². The molecular weight excluding hydrogens is 342 g/mol. The summed E-state index contributed by atoms with van der Waals surface area (Å²) < 4.78 is 2.22. The Morgan fingerprint density at radius 1 is 1.25 bits per heavy atom. The molecule has 0 unspecified atom stereocenters. The molecule has 0 bridgehead atoms. The SMILES string of the molecule is Cc1sc2nc(CSc3nnc4n3CCCCC4)[nH]c(=O)c2c1C. The van der Waals surface area contributed by atoms with Crippen LogP contribution in [-0.4, -0.2) is 24.7 Å². The summed E-state index contributed by atoms with van der Waals surface area (Å²) in [5.74, 6) is 2.38. The molecule has 6 nitrogen and oxygen atoms in total. The van der Waals surface area contributed by atoms with E-state index in [0.717, 1.165) is 44.6 Å².